The molecule has 3 rings (SSSR count). The van der Waals surface area contributed by atoms with Gasteiger partial charge in [0.2, 0.25) is 5.91 Å². The van der Waals surface area contributed by atoms with E-state index >= 15 is 0 Å². The van der Waals surface area contributed by atoms with E-state index in [-0.39, 0.29) is 5.91 Å². The first kappa shape index (κ1) is 17.4. The van der Waals surface area contributed by atoms with Gasteiger partial charge in [-0.25, -0.2) is 0 Å². The molecule has 1 aliphatic rings. The molecule has 5 heteroatoms. The Balaban J connectivity index is 1.44. The Morgan fingerprint density at radius 1 is 1.24 bits per heavy atom. The molecular weight excluding hydrogens is 314 g/mol. The average Bonchev–Trinajstić information content (AvgIpc) is 2.67. The van der Waals surface area contributed by atoms with Crippen molar-refractivity contribution in [3.05, 3.63) is 59.9 Å². The molecule has 0 aliphatic carbocycles. The molecule has 25 heavy (non-hydrogen) atoms. The van der Waals surface area contributed by atoms with Crippen LogP contribution >= 0.6 is 0 Å². The van der Waals surface area contributed by atoms with E-state index in [1.54, 1.807) is 7.11 Å². The average molecular weight is 339 g/mol. The summed E-state index contributed by atoms with van der Waals surface area (Å²) in [5.74, 6) is 0.985. The molecule has 0 bridgehead atoms. The molecule has 0 radical (unpaired) electrons. The summed E-state index contributed by atoms with van der Waals surface area (Å²) in [6.07, 6.45) is 4.22. The smallest absolute Gasteiger partial charge is 0.226 e. The second-order valence-corrected chi connectivity index (χ2v) is 6.39. The molecule has 0 atom stereocenters. The number of nitrogens with zero attached hydrogens (tertiary/aromatic N) is 2. The minimum atomic E-state index is 0.191. The van der Waals surface area contributed by atoms with Crippen LogP contribution < -0.4 is 10.1 Å². The maximum absolute atomic E-state index is 12.5. The Morgan fingerprint density at radius 3 is 2.80 bits per heavy atom. The lowest BCUT2D eigenvalue weighted by atomic mass is 10.0. The van der Waals surface area contributed by atoms with Gasteiger partial charge in [-0.15, -0.1) is 0 Å². The molecule has 0 spiro atoms. The fourth-order valence-corrected chi connectivity index (χ4v) is 3.15. The van der Waals surface area contributed by atoms with Crippen LogP contribution in [0.25, 0.3) is 0 Å². The van der Waals surface area contributed by atoms with Crippen LogP contribution in [0.1, 0.15) is 24.1 Å². The molecule has 1 aliphatic heterocycles. The fraction of sp³-hybridized carbons (Fsp3) is 0.400. The zero-order valence-electron chi connectivity index (χ0n) is 14.6. The Morgan fingerprint density at radius 2 is 2.08 bits per heavy atom. The first-order valence-electron chi connectivity index (χ1n) is 8.78. The van der Waals surface area contributed by atoms with Crippen molar-refractivity contribution in [3.8, 4) is 5.75 Å². The second-order valence-electron chi connectivity index (χ2n) is 6.39. The minimum absolute atomic E-state index is 0.191. The highest BCUT2D eigenvalue weighted by Crippen LogP contribution is 2.16. The van der Waals surface area contributed by atoms with Gasteiger partial charge in [-0.05, 0) is 42.7 Å². The van der Waals surface area contributed by atoms with Crippen molar-refractivity contribution in [3.63, 3.8) is 0 Å². The second kappa shape index (κ2) is 8.62. The summed E-state index contributed by atoms with van der Waals surface area (Å²) in [5.41, 5.74) is 2.05. The van der Waals surface area contributed by atoms with E-state index < -0.39 is 0 Å². The number of amides is 1. The topological polar surface area (TPSA) is 54.5 Å². The predicted octanol–water partition coefficient (Wildman–Crippen LogP) is 2.41. The highest BCUT2D eigenvalue weighted by molar-refractivity contribution is 5.79. The maximum atomic E-state index is 12.5. The molecule has 1 fully saturated rings. The van der Waals surface area contributed by atoms with E-state index in [4.69, 9.17) is 4.74 Å². The third-order valence-electron chi connectivity index (χ3n) is 4.64. The molecule has 1 N–H and O–H groups in total. The summed E-state index contributed by atoms with van der Waals surface area (Å²) in [5, 5.41) is 3.55. The lowest BCUT2D eigenvalue weighted by Crippen LogP contribution is -2.45. The first-order valence-corrected chi connectivity index (χ1v) is 8.78. The summed E-state index contributed by atoms with van der Waals surface area (Å²) < 4.78 is 5.22. The lowest BCUT2D eigenvalue weighted by molar-refractivity contribution is -0.131. The van der Waals surface area contributed by atoms with Crippen LogP contribution in [0.5, 0.6) is 5.75 Å². The van der Waals surface area contributed by atoms with E-state index in [1.165, 1.54) is 0 Å². The predicted molar refractivity (Wildman–Crippen MR) is 97.4 cm³/mol. The van der Waals surface area contributed by atoms with Crippen LogP contribution in [0.15, 0.2) is 48.7 Å². The minimum Gasteiger partial charge on any atom is -0.497 e. The van der Waals surface area contributed by atoms with Crippen molar-refractivity contribution in [2.24, 2.45) is 0 Å². The third-order valence-corrected chi connectivity index (χ3v) is 4.64. The monoisotopic (exact) mass is 339 g/mol. The van der Waals surface area contributed by atoms with Crippen LogP contribution in [0.2, 0.25) is 0 Å². The van der Waals surface area contributed by atoms with Gasteiger partial charge < -0.3 is 15.0 Å². The highest BCUT2D eigenvalue weighted by Gasteiger charge is 2.22. The van der Waals surface area contributed by atoms with Crippen molar-refractivity contribution in [2.75, 3.05) is 20.2 Å². The summed E-state index contributed by atoms with van der Waals surface area (Å²) in [6, 6.07) is 14.1. The molecule has 1 amide bonds. The van der Waals surface area contributed by atoms with E-state index in [9.17, 15) is 4.79 Å². The van der Waals surface area contributed by atoms with Crippen molar-refractivity contribution in [1.82, 2.24) is 15.2 Å². The Kier molecular flexibility index (Phi) is 6.01. The molecular formula is C20H25N3O2. The maximum Gasteiger partial charge on any atom is 0.226 e. The Bertz CT molecular complexity index is 682. The van der Waals surface area contributed by atoms with Crippen LogP contribution in [0.3, 0.4) is 0 Å². The quantitative estimate of drug-likeness (QED) is 0.878. The van der Waals surface area contributed by atoms with Crippen LogP contribution in [-0.4, -0.2) is 42.0 Å². The molecule has 1 aromatic heterocycles. The van der Waals surface area contributed by atoms with Crippen molar-refractivity contribution < 1.29 is 9.53 Å². The highest BCUT2D eigenvalue weighted by atomic mass is 16.5. The van der Waals surface area contributed by atoms with Crippen LogP contribution in [-0.2, 0) is 17.8 Å². The first-order chi connectivity index (χ1) is 12.2. The Hall–Kier alpha value is -2.40. The number of likely N-dealkylation sites (tertiary alicyclic amines) is 1. The van der Waals surface area contributed by atoms with Gasteiger partial charge in [-0.2, -0.15) is 0 Å². The normalized spacial score (nSPS) is 15.2. The number of pyridine rings is 1. The summed E-state index contributed by atoms with van der Waals surface area (Å²) in [7, 11) is 1.64. The zero-order valence-corrected chi connectivity index (χ0v) is 14.6. The zero-order chi connectivity index (χ0) is 17.5. The number of nitrogens with one attached hydrogen (secondary N) is 1. The summed E-state index contributed by atoms with van der Waals surface area (Å²) in [4.78, 5) is 18.8. The molecule has 0 unspecified atom stereocenters. The van der Waals surface area contributed by atoms with E-state index in [2.05, 4.69) is 10.3 Å². The van der Waals surface area contributed by atoms with Gasteiger partial charge in [0.05, 0.1) is 19.2 Å². The van der Waals surface area contributed by atoms with Crippen molar-refractivity contribution >= 4 is 5.91 Å². The number of carbonyl (C=O) groups is 1. The number of methoxy groups -OCH3 is 1. The SMILES string of the molecule is COc1cccc(CC(=O)N2CCC(NCc3ccccn3)CC2)c1. The van der Waals surface area contributed by atoms with Gasteiger partial charge in [-0.3, -0.25) is 9.78 Å². The number of piperidine rings is 1. The van der Waals surface area contributed by atoms with E-state index in [0.29, 0.717) is 12.5 Å². The molecule has 0 saturated carbocycles. The number of hydrogen-bond donors (Lipinski definition) is 1. The number of ether oxygens (including phenoxy) is 1. The summed E-state index contributed by atoms with van der Waals surface area (Å²) in [6.45, 7) is 2.40. The lowest BCUT2D eigenvalue weighted by Gasteiger charge is -2.32. The van der Waals surface area contributed by atoms with Crippen molar-refractivity contribution in [1.29, 1.82) is 0 Å². The number of carbonyl (C=O) groups excluding carboxylic acids is 1. The largest absolute Gasteiger partial charge is 0.497 e. The van der Waals surface area contributed by atoms with Crippen LogP contribution in [0.4, 0.5) is 0 Å². The van der Waals surface area contributed by atoms with Gasteiger partial charge in [0, 0.05) is 31.9 Å². The Labute approximate surface area is 149 Å². The number of aromatic nitrogens is 1. The van der Waals surface area contributed by atoms with Gasteiger partial charge in [0.25, 0.3) is 0 Å². The molecule has 132 valence electrons. The fourth-order valence-electron chi connectivity index (χ4n) is 3.15. The van der Waals surface area contributed by atoms with E-state index in [1.807, 2.05) is 53.6 Å². The molecule has 2 heterocycles. The molecule has 1 aromatic carbocycles. The van der Waals surface area contributed by atoms with Gasteiger partial charge in [-0.1, -0.05) is 18.2 Å². The molecule has 1 saturated heterocycles. The summed E-state index contributed by atoms with van der Waals surface area (Å²) >= 11 is 0. The number of hydrogen-bond acceptors (Lipinski definition) is 4. The number of rotatable bonds is 6. The van der Waals surface area contributed by atoms with Gasteiger partial charge in [0.15, 0.2) is 0 Å². The van der Waals surface area contributed by atoms with Crippen LogP contribution in [0, 0.1) is 0 Å². The van der Waals surface area contributed by atoms with E-state index in [0.717, 1.165) is 49.5 Å². The van der Waals surface area contributed by atoms with Gasteiger partial charge in [0.1, 0.15) is 5.75 Å². The third kappa shape index (κ3) is 5.03. The molecule has 5 nitrogen and oxygen atoms in total. The molecule has 2 aromatic rings. The van der Waals surface area contributed by atoms with Crippen molar-refractivity contribution in [2.45, 2.75) is 31.8 Å². The number of benzene rings is 1. The standard InChI is InChI=1S/C20H25N3O2/c1-25-19-7-4-5-16(13-19)14-20(24)23-11-8-17(9-12-23)22-15-18-6-2-3-10-21-18/h2-7,10,13,17,22H,8-9,11-12,14-15H2,1H3. The van der Waals surface area contributed by atoms with Gasteiger partial charge >= 0.3 is 0 Å².